The van der Waals surface area contributed by atoms with Gasteiger partial charge in [-0.15, -0.1) is 0 Å². The van der Waals surface area contributed by atoms with Gasteiger partial charge in [0.15, 0.2) is 15.0 Å². The van der Waals surface area contributed by atoms with Gasteiger partial charge in [-0.05, 0) is 43.3 Å². The van der Waals surface area contributed by atoms with Crippen molar-refractivity contribution in [2.24, 2.45) is 0 Å². The number of aromatic nitrogens is 1. The number of halogens is 1. The molecule has 2 heterocycles. The van der Waals surface area contributed by atoms with Crippen molar-refractivity contribution in [2.75, 3.05) is 18.4 Å². The van der Waals surface area contributed by atoms with Crippen LogP contribution in [0.15, 0.2) is 47.4 Å². The first-order valence-electron chi connectivity index (χ1n) is 9.06. The van der Waals surface area contributed by atoms with Crippen LogP contribution in [0, 0.1) is 0 Å². The zero-order chi connectivity index (χ0) is 21.3. The topological polar surface area (TPSA) is 117 Å². The standard InChI is InChI=1S/C19H17ClN4O4S2/c20-14-4-2-1-3-13(14)17(25)23-18(26)24-19-22-15-6-5-11(9-16(15)29-19)30(27,28)12-7-8-21-10-12/h1-6,9,12,21H,7-8,10H2,(H2,22,23,24,25,26)/t12-/m1/s1. The van der Waals surface area contributed by atoms with Crippen molar-refractivity contribution < 1.29 is 18.0 Å². The third-order valence-corrected chi connectivity index (χ3v) is 8.16. The number of hydrogen-bond acceptors (Lipinski definition) is 7. The van der Waals surface area contributed by atoms with Crippen LogP contribution < -0.4 is 16.0 Å². The van der Waals surface area contributed by atoms with Crippen LogP contribution in [-0.4, -0.2) is 43.7 Å². The van der Waals surface area contributed by atoms with E-state index < -0.39 is 27.0 Å². The lowest BCUT2D eigenvalue weighted by Gasteiger charge is -2.10. The summed E-state index contributed by atoms with van der Waals surface area (Å²) in [6, 6.07) is 10.3. The van der Waals surface area contributed by atoms with Crippen molar-refractivity contribution in [3.8, 4) is 0 Å². The Labute approximate surface area is 181 Å². The quantitative estimate of drug-likeness (QED) is 0.546. The SMILES string of the molecule is O=C(NC(=O)c1ccccc1Cl)Nc1nc2ccc(S(=O)(=O)[C@@H]3CCNC3)cc2s1. The van der Waals surface area contributed by atoms with Gasteiger partial charge in [0, 0.05) is 6.54 Å². The lowest BCUT2D eigenvalue weighted by Crippen LogP contribution is -2.34. The third kappa shape index (κ3) is 4.17. The van der Waals surface area contributed by atoms with Crippen LogP contribution in [0.1, 0.15) is 16.8 Å². The monoisotopic (exact) mass is 464 g/mol. The molecule has 3 aromatic rings. The molecule has 1 aliphatic rings. The highest BCUT2D eigenvalue weighted by Gasteiger charge is 2.30. The van der Waals surface area contributed by atoms with Crippen molar-refractivity contribution in [3.05, 3.63) is 53.1 Å². The van der Waals surface area contributed by atoms with Crippen molar-refractivity contribution in [3.63, 3.8) is 0 Å². The number of sulfone groups is 1. The molecule has 3 N–H and O–H groups in total. The van der Waals surface area contributed by atoms with E-state index in [1.54, 1.807) is 30.3 Å². The number of carbonyl (C=O) groups excluding carboxylic acids is 2. The van der Waals surface area contributed by atoms with Crippen LogP contribution in [0.25, 0.3) is 10.2 Å². The van der Waals surface area contributed by atoms with Gasteiger partial charge < -0.3 is 5.32 Å². The van der Waals surface area contributed by atoms with Gasteiger partial charge in [0.2, 0.25) is 0 Å². The molecule has 11 heteroatoms. The summed E-state index contributed by atoms with van der Waals surface area (Å²) in [5.74, 6) is -0.641. The van der Waals surface area contributed by atoms with Crippen LogP contribution in [-0.2, 0) is 9.84 Å². The first-order valence-corrected chi connectivity index (χ1v) is 11.8. The average molecular weight is 465 g/mol. The number of nitrogens with one attached hydrogen (secondary N) is 3. The molecule has 0 unspecified atom stereocenters. The van der Waals surface area contributed by atoms with Crippen molar-refractivity contribution in [2.45, 2.75) is 16.6 Å². The molecular formula is C19H17ClN4O4S2. The van der Waals surface area contributed by atoms with E-state index in [4.69, 9.17) is 11.6 Å². The Bertz CT molecular complexity index is 1240. The second kappa shape index (κ2) is 8.31. The second-order valence-electron chi connectivity index (χ2n) is 6.70. The molecule has 1 fully saturated rings. The highest BCUT2D eigenvalue weighted by atomic mass is 35.5. The first-order chi connectivity index (χ1) is 14.3. The van der Waals surface area contributed by atoms with Crippen molar-refractivity contribution in [1.82, 2.24) is 15.6 Å². The summed E-state index contributed by atoms with van der Waals surface area (Å²) in [7, 11) is -3.44. The highest BCUT2D eigenvalue weighted by Crippen LogP contribution is 2.30. The highest BCUT2D eigenvalue weighted by molar-refractivity contribution is 7.92. The Morgan fingerprint density at radius 3 is 2.73 bits per heavy atom. The Morgan fingerprint density at radius 1 is 1.20 bits per heavy atom. The Balaban J connectivity index is 1.49. The number of fused-ring (bicyclic) bond motifs is 1. The van der Waals surface area contributed by atoms with Crippen molar-refractivity contribution >= 4 is 60.1 Å². The van der Waals surface area contributed by atoms with E-state index in [0.29, 0.717) is 29.7 Å². The fraction of sp³-hybridized carbons (Fsp3) is 0.211. The van der Waals surface area contributed by atoms with Crippen LogP contribution >= 0.6 is 22.9 Å². The summed E-state index contributed by atoms with van der Waals surface area (Å²) in [4.78, 5) is 28.8. The number of anilines is 1. The van der Waals surface area contributed by atoms with Crippen LogP contribution in [0.2, 0.25) is 5.02 Å². The lowest BCUT2D eigenvalue weighted by atomic mass is 10.2. The Hall–Kier alpha value is -2.53. The van der Waals surface area contributed by atoms with Gasteiger partial charge in [0.25, 0.3) is 5.91 Å². The number of benzene rings is 2. The molecule has 2 aromatic carbocycles. The van der Waals surface area contributed by atoms with Gasteiger partial charge in [-0.1, -0.05) is 35.1 Å². The Morgan fingerprint density at radius 2 is 2.00 bits per heavy atom. The second-order valence-corrected chi connectivity index (χ2v) is 10.4. The summed E-state index contributed by atoms with van der Waals surface area (Å²) >= 11 is 7.08. The molecule has 0 bridgehead atoms. The molecule has 0 radical (unpaired) electrons. The van der Waals surface area contributed by atoms with E-state index in [0.717, 1.165) is 11.3 Å². The van der Waals surface area contributed by atoms with Gasteiger partial charge >= 0.3 is 6.03 Å². The molecule has 0 aliphatic carbocycles. The summed E-state index contributed by atoms with van der Waals surface area (Å²) < 4.78 is 26.1. The van der Waals surface area contributed by atoms with Gasteiger partial charge in [-0.25, -0.2) is 18.2 Å². The van der Waals surface area contributed by atoms with E-state index >= 15 is 0 Å². The normalized spacial score (nSPS) is 16.5. The molecule has 8 nitrogen and oxygen atoms in total. The van der Waals surface area contributed by atoms with E-state index in [2.05, 4.69) is 20.9 Å². The number of urea groups is 1. The van der Waals surface area contributed by atoms with Gasteiger partial charge in [0.05, 0.1) is 30.9 Å². The minimum Gasteiger partial charge on any atom is -0.315 e. The molecule has 1 aromatic heterocycles. The zero-order valence-corrected chi connectivity index (χ0v) is 17.9. The molecule has 156 valence electrons. The summed E-state index contributed by atoms with van der Waals surface area (Å²) in [5, 5.41) is 7.78. The minimum absolute atomic E-state index is 0.176. The molecule has 1 atom stereocenters. The fourth-order valence-corrected chi connectivity index (χ4v) is 6.05. The van der Waals surface area contributed by atoms with E-state index in [-0.39, 0.29) is 20.6 Å². The Kier molecular flexibility index (Phi) is 5.74. The lowest BCUT2D eigenvalue weighted by molar-refractivity contribution is 0.0967. The van der Waals surface area contributed by atoms with Crippen LogP contribution in [0.3, 0.4) is 0 Å². The maximum absolute atomic E-state index is 12.8. The maximum atomic E-state index is 12.8. The van der Waals surface area contributed by atoms with Gasteiger partial charge in [-0.2, -0.15) is 0 Å². The summed E-state index contributed by atoms with van der Waals surface area (Å²) in [6.07, 6.45) is 0.579. The van der Waals surface area contributed by atoms with Crippen LogP contribution in [0.5, 0.6) is 0 Å². The average Bonchev–Trinajstić information content (AvgIpc) is 3.37. The van der Waals surface area contributed by atoms with Crippen LogP contribution in [0.4, 0.5) is 9.93 Å². The summed E-state index contributed by atoms with van der Waals surface area (Å²) in [6.45, 7) is 1.12. The molecule has 4 rings (SSSR count). The van der Waals surface area contributed by atoms with Gasteiger partial charge in [0.1, 0.15) is 0 Å². The molecule has 30 heavy (non-hydrogen) atoms. The predicted molar refractivity (Wildman–Crippen MR) is 116 cm³/mol. The molecule has 0 spiro atoms. The fourth-order valence-electron chi connectivity index (χ4n) is 3.17. The zero-order valence-electron chi connectivity index (χ0n) is 15.5. The minimum atomic E-state index is -3.44. The number of rotatable bonds is 4. The number of nitrogens with zero attached hydrogens (tertiary/aromatic N) is 1. The van der Waals surface area contributed by atoms with E-state index in [9.17, 15) is 18.0 Å². The number of hydrogen-bond donors (Lipinski definition) is 3. The largest absolute Gasteiger partial charge is 0.327 e. The number of thiazole rings is 1. The molecule has 1 aliphatic heterocycles. The van der Waals surface area contributed by atoms with Crippen molar-refractivity contribution in [1.29, 1.82) is 0 Å². The number of amides is 3. The number of carbonyl (C=O) groups is 2. The number of imide groups is 1. The molecule has 3 amide bonds. The smallest absolute Gasteiger partial charge is 0.315 e. The predicted octanol–water partition coefficient (Wildman–Crippen LogP) is 3.05. The molecular weight excluding hydrogens is 448 g/mol. The van der Waals surface area contributed by atoms with E-state index in [1.165, 1.54) is 12.1 Å². The first kappa shape index (κ1) is 20.7. The molecule has 1 saturated heterocycles. The molecule has 0 saturated carbocycles. The summed E-state index contributed by atoms with van der Waals surface area (Å²) in [5.41, 5.74) is 0.728. The van der Waals surface area contributed by atoms with Gasteiger partial charge in [-0.3, -0.25) is 15.4 Å². The maximum Gasteiger partial charge on any atom is 0.327 e. The van der Waals surface area contributed by atoms with E-state index in [1.807, 2.05) is 0 Å². The third-order valence-electron chi connectivity index (χ3n) is 4.71.